The van der Waals surface area contributed by atoms with Crippen LogP contribution in [0.3, 0.4) is 0 Å². The summed E-state index contributed by atoms with van der Waals surface area (Å²) >= 11 is 7.65. The number of rotatable bonds is 5. The molecule has 1 saturated heterocycles. The van der Waals surface area contributed by atoms with Crippen molar-refractivity contribution in [2.45, 2.75) is 29.2 Å². The van der Waals surface area contributed by atoms with Crippen molar-refractivity contribution < 1.29 is 9.47 Å². The third kappa shape index (κ3) is 4.36. The van der Waals surface area contributed by atoms with Crippen LogP contribution >= 0.6 is 23.4 Å². The van der Waals surface area contributed by atoms with Gasteiger partial charge in [-0.15, -0.1) is 0 Å². The number of aliphatic imine (C=N–C) groups is 1. The van der Waals surface area contributed by atoms with Gasteiger partial charge in [0.2, 0.25) is 5.95 Å². The molecular formula is C19H21ClN4O2S. The highest BCUT2D eigenvalue weighted by atomic mass is 35.5. The van der Waals surface area contributed by atoms with Crippen molar-refractivity contribution in [3.05, 3.63) is 47.2 Å². The third-order valence-corrected chi connectivity index (χ3v) is 6.02. The van der Waals surface area contributed by atoms with E-state index in [-0.39, 0.29) is 11.5 Å². The molecule has 142 valence electrons. The number of nitrogens with zero attached hydrogens (tertiary/aromatic N) is 3. The molecule has 6 nitrogen and oxygen atoms in total. The minimum atomic E-state index is -0.159. The van der Waals surface area contributed by atoms with Crippen molar-refractivity contribution in [3.8, 4) is 0 Å². The standard InChI is InChI=1S/C19H21ClN4O2S/c1-21-19-22-10-13(11-23-19)16-18(27-15-4-2-14(20)3-5-15)26-17(24-16)12-6-8-25-9-7-12/h2-5,10-12,16,18H,6-9H2,1H3,(H,21,22,23). The van der Waals surface area contributed by atoms with E-state index < -0.39 is 0 Å². The van der Waals surface area contributed by atoms with Crippen molar-refractivity contribution in [1.82, 2.24) is 9.97 Å². The maximum atomic E-state index is 6.31. The summed E-state index contributed by atoms with van der Waals surface area (Å²) in [4.78, 5) is 14.7. The van der Waals surface area contributed by atoms with Crippen LogP contribution < -0.4 is 5.32 Å². The Bertz CT molecular complexity index is 794. The molecule has 1 fully saturated rings. The highest BCUT2D eigenvalue weighted by molar-refractivity contribution is 7.99. The second-order valence-corrected chi connectivity index (χ2v) is 8.05. The lowest BCUT2D eigenvalue weighted by Gasteiger charge is -2.22. The van der Waals surface area contributed by atoms with Gasteiger partial charge in [0.1, 0.15) is 6.04 Å². The van der Waals surface area contributed by atoms with Gasteiger partial charge in [0.25, 0.3) is 0 Å². The summed E-state index contributed by atoms with van der Waals surface area (Å²) < 4.78 is 11.8. The second kappa shape index (κ2) is 8.46. The van der Waals surface area contributed by atoms with Crippen molar-refractivity contribution >= 4 is 35.2 Å². The molecule has 2 unspecified atom stereocenters. The molecule has 2 atom stereocenters. The second-order valence-electron chi connectivity index (χ2n) is 6.45. The molecule has 3 heterocycles. The highest BCUT2D eigenvalue weighted by Crippen LogP contribution is 2.41. The van der Waals surface area contributed by atoms with Crippen LogP contribution in [0.4, 0.5) is 5.95 Å². The smallest absolute Gasteiger partial charge is 0.222 e. The van der Waals surface area contributed by atoms with E-state index in [0.717, 1.165) is 47.4 Å². The van der Waals surface area contributed by atoms with Crippen LogP contribution in [0.2, 0.25) is 5.02 Å². The molecule has 1 aromatic carbocycles. The Morgan fingerprint density at radius 3 is 2.48 bits per heavy atom. The molecule has 0 saturated carbocycles. The van der Waals surface area contributed by atoms with Crippen LogP contribution in [0.5, 0.6) is 0 Å². The van der Waals surface area contributed by atoms with Crippen molar-refractivity contribution in [2.24, 2.45) is 10.9 Å². The molecule has 0 aliphatic carbocycles. The Kier molecular flexibility index (Phi) is 5.80. The summed E-state index contributed by atoms with van der Waals surface area (Å²) in [6, 6.07) is 7.63. The van der Waals surface area contributed by atoms with E-state index in [4.69, 9.17) is 26.1 Å². The first-order valence-corrected chi connectivity index (χ1v) is 10.2. The fourth-order valence-electron chi connectivity index (χ4n) is 3.15. The largest absolute Gasteiger partial charge is 0.464 e. The lowest BCUT2D eigenvalue weighted by molar-refractivity contribution is 0.0765. The van der Waals surface area contributed by atoms with E-state index in [1.54, 1.807) is 18.8 Å². The Morgan fingerprint density at radius 1 is 1.11 bits per heavy atom. The van der Waals surface area contributed by atoms with Gasteiger partial charge in [-0.05, 0) is 37.1 Å². The number of ether oxygens (including phenoxy) is 2. The topological polar surface area (TPSA) is 68.6 Å². The molecule has 8 heteroatoms. The van der Waals surface area contributed by atoms with Crippen LogP contribution in [-0.4, -0.2) is 41.6 Å². The quantitative estimate of drug-likeness (QED) is 0.805. The fraction of sp³-hybridized carbons (Fsp3) is 0.421. The van der Waals surface area contributed by atoms with Crippen LogP contribution in [0.25, 0.3) is 0 Å². The van der Waals surface area contributed by atoms with Gasteiger partial charge in [-0.3, -0.25) is 0 Å². The van der Waals surface area contributed by atoms with Crippen LogP contribution in [0, 0.1) is 5.92 Å². The van der Waals surface area contributed by atoms with Gasteiger partial charge in [-0.2, -0.15) is 0 Å². The molecule has 0 spiro atoms. The summed E-state index contributed by atoms with van der Waals surface area (Å²) in [5.74, 6) is 1.73. The fourth-order valence-corrected chi connectivity index (χ4v) is 4.33. The normalized spacial score (nSPS) is 23.0. The number of nitrogens with one attached hydrogen (secondary N) is 1. The van der Waals surface area contributed by atoms with Crippen LogP contribution in [0.1, 0.15) is 24.4 Å². The molecule has 2 aliphatic heterocycles. The molecule has 27 heavy (non-hydrogen) atoms. The van der Waals surface area contributed by atoms with Gasteiger partial charge in [0.05, 0.1) is 0 Å². The molecule has 1 aromatic heterocycles. The molecule has 0 radical (unpaired) electrons. The predicted molar refractivity (Wildman–Crippen MR) is 107 cm³/mol. The zero-order chi connectivity index (χ0) is 18.6. The average Bonchev–Trinajstić information content (AvgIpc) is 3.14. The highest BCUT2D eigenvalue weighted by Gasteiger charge is 2.37. The summed E-state index contributed by atoms with van der Waals surface area (Å²) in [5.41, 5.74) is 0.788. The van der Waals surface area contributed by atoms with E-state index in [2.05, 4.69) is 15.3 Å². The number of thioether (sulfide) groups is 1. The zero-order valence-corrected chi connectivity index (χ0v) is 16.5. The lowest BCUT2D eigenvalue weighted by atomic mass is 10.0. The maximum absolute atomic E-state index is 6.31. The number of anilines is 1. The Balaban J connectivity index is 1.58. The molecule has 2 aromatic rings. The number of hydrogen-bond acceptors (Lipinski definition) is 7. The first-order chi connectivity index (χ1) is 13.2. The van der Waals surface area contributed by atoms with Crippen LogP contribution in [0.15, 0.2) is 46.5 Å². The number of aromatic nitrogens is 2. The van der Waals surface area contributed by atoms with Crippen molar-refractivity contribution in [1.29, 1.82) is 0 Å². The molecule has 0 amide bonds. The number of hydrogen-bond donors (Lipinski definition) is 1. The number of halogens is 1. The number of benzene rings is 1. The van der Waals surface area contributed by atoms with E-state index in [1.807, 2.05) is 36.7 Å². The average molecular weight is 405 g/mol. The van der Waals surface area contributed by atoms with Gasteiger partial charge >= 0.3 is 0 Å². The van der Waals surface area contributed by atoms with E-state index in [9.17, 15) is 0 Å². The van der Waals surface area contributed by atoms with Crippen molar-refractivity contribution in [2.75, 3.05) is 25.6 Å². The van der Waals surface area contributed by atoms with Gasteiger partial charge < -0.3 is 14.8 Å². The Hall–Kier alpha value is -1.83. The van der Waals surface area contributed by atoms with E-state index >= 15 is 0 Å². The molecule has 4 rings (SSSR count). The van der Waals surface area contributed by atoms with E-state index in [1.165, 1.54) is 0 Å². The van der Waals surface area contributed by atoms with Crippen molar-refractivity contribution in [3.63, 3.8) is 0 Å². The summed E-state index contributed by atoms with van der Waals surface area (Å²) in [7, 11) is 1.80. The summed E-state index contributed by atoms with van der Waals surface area (Å²) in [6.45, 7) is 1.51. The minimum Gasteiger partial charge on any atom is -0.464 e. The third-order valence-electron chi connectivity index (χ3n) is 4.63. The Morgan fingerprint density at radius 2 is 1.81 bits per heavy atom. The SMILES string of the molecule is CNc1ncc(C2N=C(C3CCOCC3)OC2Sc2ccc(Cl)cc2)cn1. The van der Waals surface area contributed by atoms with Gasteiger partial charge in [-0.25, -0.2) is 15.0 Å². The first-order valence-electron chi connectivity index (χ1n) is 8.97. The minimum absolute atomic E-state index is 0.144. The van der Waals surface area contributed by atoms with E-state index in [0.29, 0.717) is 11.9 Å². The molecule has 0 bridgehead atoms. The molecule has 2 aliphatic rings. The molecule has 1 N–H and O–H groups in total. The van der Waals surface area contributed by atoms with Crippen LogP contribution in [-0.2, 0) is 9.47 Å². The predicted octanol–water partition coefficient (Wildman–Crippen LogP) is 4.19. The maximum Gasteiger partial charge on any atom is 0.222 e. The zero-order valence-electron chi connectivity index (χ0n) is 15.0. The molecular weight excluding hydrogens is 384 g/mol. The summed E-state index contributed by atoms with van der Waals surface area (Å²) in [6.07, 6.45) is 5.52. The summed E-state index contributed by atoms with van der Waals surface area (Å²) in [5, 5.41) is 3.66. The monoisotopic (exact) mass is 404 g/mol. The first kappa shape index (κ1) is 18.5. The Labute approximate surface area is 167 Å². The van der Waals surface area contributed by atoms with Gasteiger partial charge in [-0.1, -0.05) is 23.4 Å². The lowest BCUT2D eigenvalue weighted by Crippen LogP contribution is -2.24. The van der Waals surface area contributed by atoms with Gasteiger partial charge in [0, 0.05) is 54.1 Å². The van der Waals surface area contributed by atoms with Gasteiger partial charge in [0.15, 0.2) is 11.3 Å².